The van der Waals surface area contributed by atoms with E-state index in [2.05, 4.69) is 22.6 Å². The molecule has 0 aromatic carbocycles. The van der Waals surface area contributed by atoms with E-state index in [1.54, 1.807) is 11.3 Å². The van der Waals surface area contributed by atoms with Crippen molar-refractivity contribution in [1.82, 2.24) is 19.6 Å². The maximum Gasteiger partial charge on any atom is 0.490 e. The average Bonchev–Trinajstić information content (AvgIpc) is 3.32. The molecule has 1 amide bonds. The fourth-order valence-corrected chi connectivity index (χ4v) is 3.35. The highest BCUT2D eigenvalue weighted by Crippen LogP contribution is 2.27. The van der Waals surface area contributed by atoms with Crippen molar-refractivity contribution >= 4 is 28.7 Å². The third-order valence-corrected chi connectivity index (χ3v) is 5.12. The minimum Gasteiger partial charge on any atom is -0.475 e. The maximum absolute atomic E-state index is 12.6. The molecule has 11 heteroatoms. The Hall–Kier alpha value is -2.92. The number of aromatic nitrogens is 2. The van der Waals surface area contributed by atoms with Gasteiger partial charge in [0.15, 0.2) is 0 Å². The molecule has 0 aliphatic heterocycles. The molecule has 2 N–H and O–H groups in total. The summed E-state index contributed by atoms with van der Waals surface area (Å²) < 4.78 is 33.8. The Bertz CT molecular complexity index is 1040. The van der Waals surface area contributed by atoms with Gasteiger partial charge in [-0.3, -0.25) is 4.79 Å². The first-order valence-electron chi connectivity index (χ1n) is 9.32. The molecule has 31 heavy (non-hydrogen) atoms. The number of hydrogen-bond acceptors (Lipinski definition) is 5. The number of pyridine rings is 1. The number of likely N-dealkylation sites (N-methyl/N-ethyl adjacent to an activating group) is 1. The van der Waals surface area contributed by atoms with Crippen LogP contribution in [0.25, 0.3) is 16.9 Å². The molecule has 0 spiro atoms. The monoisotopic (exact) mass is 456 g/mol. The number of nitrogens with zero attached hydrogens (tertiary/aromatic N) is 3. The SMILES string of the molecule is CCc1nc(-c2cc(C(=O)NCCN(C)C)c3ccccn23)cs1.O=C(O)C(F)(F)F. The van der Waals surface area contributed by atoms with Gasteiger partial charge in [0.25, 0.3) is 5.91 Å². The third-order valence-electron chi connectivity index (χ3n) is 4.12. The van der Waals surface area contributed by atoms with Crippen LogP contribution in [0, 0.1) is 0 Å². The summed E-state index contributed by atoms with van der Waals surface area (Å²) in [6, 6.07) is 7.83. The molecular formula is C20H23F3N4O3S. The third kappa shape index (κ3) is 6.53. The van der Waals surface area contributed by atoms with Crippen LogP contribution in [0.5, 0.6) is 0 Å². The van der Waals surface area contributed by atoms with Gasteiger partial charge in [0.05, 0.1) is 27.5 Å². The summed E-state index contributed by atoms with van der Waals surface area (Å²) in [6.45, 7) is 3.54. The molecule has 0 aliphatic rings. The lowest BCUT2D eigenvalue weighted by atomic mass is 10.2. The number of aryl methyl sites for hydroxylation is 1. The van der Waals surface area contributed by atoms with Crippen LogP contribution < -0.4 is 5.32 Å². The molecule has 0 bridgehead atoms. The highest BCUT2D eigenvalue weighted by molar-refractivity contribution is 7.09. The van der Waals surface area contributed by atoms with Crippen LogP contribution >= 0.6 is 11.3 Å². The van der Waals surface area contributed by atoms with Crippen molar-refractivity contribution in [1.29, 1.82) is 0 Å². The summed E-state index contributed by atoms with van der Waals surface area (Å²) in [7, 11) is 3.98. The number of amides is 1. The lowest BCUT2D eigenvalue weighted by Gasteiger charge is -2.10. The van der Waals surface area contributed by atoms with Gasteiger partial charge in [-0.1, -0.05) is 13.0 Å². The second kappa shape index (κ2) is 10.4. The largest absolute Gasteiger partial charge is 0.490 e. The molecule has 0 atom stereocenters. The lowest BCUT2D eigenvalue weighted by Crippen LogP contribution is -2.31. The minimum absolute atomic E-state index is 0.0438. The predicted octanol–water partition coefficient (Wildman–Crippen LogP) is 3.55. The fourth-order valence-electron chi connectivity index (χ4n) is 2.61. The Morgan fingerprint density at radius 1 is 1.29 bits per heavy atom. The van der Waals surface area contributed by atoms with E-state index < -0.39 is 12.1 Å². The Kier molecular flexibility index (Phi) is 8.17. The number of hydrogen-bond donors (Lipinski definition) is 2. The van der Waals surface area contributed by atoms with Gasteiger partial charge in [0, 0.05) is 24.7 Å². The van der Waals surface area contributed by atoms with Crippen LogP contribution in [-0.4, -0.2) is 64.6 Å². The Labute approximate surface area is 181 Å². The second-order valence-corrected chi connectivity index (χ2v) is 7.68. The summed E-state index contributed by atoms with van der Waals surface area (Å²) in [5, 5.41) is 13.3. The Morgan fingerprint density at radius 2 is 1.97 bits per heavy atom. The molecule has 0 aliphatic carbocycles. The zero-order chi connectivity index (χ0) is 23.2. The molecule has 0 unspecified atom stereocenters. The maximum atomic E-state index is 12.6. The van der Waals surface area contributed by atoms with Gasteiger partial charge >= 0.3 is 12.1 Å². The summed E-state index contributed by atoms with van der Waals surface area (Å²) in [5.74, 6) is -2.80. The number of alkyl halides is 3. The number of carbonyl (C=O) groups excluding carboxylic acids is 1. The minimum atomic E-state index is -5.08. The number of rotatable bonds is 6. The van der Waals surface area contributed by atoms with Crippen LogP contribution in [0.15, 0.2) is 35.8 Å². The number of carboxylic acids is 1. The number of aliphatic carboxylic acids is 1. The molecule has 0 fully saturated rings. The summed E-state index contributed by atoms with van der Waals surface area (Å²) in [4.78, 5) is 28.2. The van der Waals surface area contributed by atoms with Crippen LogP contribution in [0.4, 0.5) is 13.2 Å². The van der Waals surface area contributed by atoms with E-state index >= 15 is 0 Å². The van der Waals surface area contributed by atoms with Gasteiger partial charge in [0.1, 0.15) is 0 Å². The van der Waals surface area contributed by atoms with Gasteiger partial charge in [-0.05, 0) is 38.7 Å². The number of carbonyl (C=O) groups is 2. The predicted molar refractivity (Wildman–Crippen MR) is 112 cm³/mol. The summed E-state index contributed by atoms with van der Waals surface area (Å²) >= 11 is 1.66. The van der Waals surface area contributed by atoms with Crippen LogP contribution in [-0.2, 0) is 11.2 Å². The van der Waals surface area contributed by atoms with Gasteiger partial charge in [0.2, 0.25) is 0 Å². The molecule has 0 radical (unpaired) electrons. The number of fused-ring (bicyclic) bond motifs is 1. The smallest absolute Gasteiger partial charge is 0.475 e. The standard InChI is InChI=1S/C18H22N4OS.C2HF3O2/c1-4-17-20-14(12-24-17)16-11-13(15-7-5-6-9-22(15)16)18(23)19-8-10-21(2)3;3-2(4,5)1(6)7/h5-7,9,11-12H,4,8,10H2,1-3H3,(H,19,23);(H,6,7). The Balaban J connectivity index is 0.000000423. The van der Waals surface area contributed by atoms with Crippen molar-refractivity contribution in [2.24, 2.45) is 0 Å². The summed E-state index contributed by atoms with van der Waals surface area (Å²) in [5.41, 5.74) is 3.47. The van der Waals surface area contributed by atoms with Gasteiger partial charge in [-0.2, -0.15) is 13.2 Å². The van der Waals surface area contributed by atoms with Gasteiger partial charge < -0.3 is 19.7 Å². The first-order valence-corrected chi connectivity index (χ1v) is 10.2. The summed E-state index contributed by atoms with van der Waals surface area (Å²) in [6.07, 6.45) is -2.18. The topological polar surface area (TPSA) is 86.9 Å². The van der Waals surface area contributed by atoms with E-state index in [1.165, 1.54) is 0 Å². The quantitative estimate of drug-likeness (QED) is 0.593. The lowest BCUT2D eigenvalue weighted by molar-refractivity contribution is -0.192. The number of halogens is 3. The molecule has 7 nitrogen and oxygen atoms in total. The fraction of sp³-hybridized carbons (Fsp3) is 0.350. The van der Waals surface area contributed by atoms with E-state index in [1.807, 2.05) is 53.9 Å². The van der Waals surface area contributed by atoms with E-state index in [4.69, 9.17) is 9.90 Å². The number of thiazole rings is 1. The normalized spacial score (nSPS) is 11.3. The van der Waals surface area contributed by atoms with Gasteiger partial charge in [-0.15, -0.1) is 11.3 Å². The molecule has 3 heterocycles. The molecule has 168 valence electrons. The highest BCUT2D eigenvalue weighted by atomic mass is 32.1. The van der Waals surface area contributed by atoms with Crippen LogP contribution in [0.1, 0.15) is 22.3 Å². The van der Waals surface area contributed by atoms with E-state index in [0.717, 1.165) is 34.9 Å². The van der Waals surface area contributed by atoms with Crippen LogP contribution in [0.2, 0.25) is 0 Å². The number of carboxylic acid groups (broad SMARTS) is 1. The second-order valence-electron chi connectivity index (χ2n) is 6.74. The first-order chi connectivity index (χ1) is 14.5. The van der Waals surface area contributed by atoms with E-state index in [9.17, 15) is 18.0 Å². The molecule has 3 rings (SSSR count). The molecular weight excluding hydrogens is 433 g/mol. The number of nitrogens with one attached hydrogen (secondary N) is 1. The average molecular weight is 456 g/mol. The van der Waals surface area contributed by atoms with Crippen molar-refractivity contribution < 1.29 is 27.9 Å². The van der Waals surface area contributed by atoms with Crippen molar-refractivity contribution in [3.8, 4) is 11.4 Å². The van der Waals surface area contributed by atoms with Crippen LogP contribution in [0.3, 0.4) is 0 Å². The molecule has 0 saturated heterocycles. The van der Waals surface area contributed by atoms with E-state index in [-0.39, 0.29) is 5.91 Å². The zero-order valence-electron chi connectivity index (χ0n) is 17.2. The zero-order valence-corrected chi connectivity index (χ0v) is 18.0. The molecule has 3 aromatic rings. The highest BCUT2D eigenvalue weighted by Gasteiger charge is 2.38. The first kappa shape index (κ1) is 24.4. The van der Waals surface area contributed by atoms with E-state index in [0.29, 0.717) is 12.1 Å². The van der Waals surface area contributed by atoms with Crippen molar-refractivity contribution in [3.05, 3.63) is 46.4 Å². The molecule has 3 aromatic heterocycles. The van der Waals surface area contributed by atoms with Crippen molar-refractivity contribution in [2.75, 3.05) is 27.2 Å². The van der Waals surface area contributed by atoms with Gasteiger partial charge in [-0.25, -0.2) is 9.78 Å². The van der Waals surface area contributed by atoms with Crippen molar-refractivity contribution in [3.63, 3.8) is 0 Å². The van der Waals surface area contributed by atoms with Crippen molar-refractivity contribution in [2.45, 2.75) is 19.5 Å². The Morgan fingerprint density at radius 3 is 2.52 bits per heavy atom. The molecule has 0 saturated carbocycles.